The van der Waals surface area contributed by atoms with Gasteiger partial charge in [-0.25, -0.2) is 0 Å². The van der Waals surface area contributed by atoms with E-state index in [4.69, 9.17) is 11.1 Å². The number of guanidine groups is 1. The van der Waals surface area contributed by atoms with Gasteiger partial charge >= 0.3 is 5.96 Å². The lowest BCUT2D eigenvalue weighted by atomic mass is 10.2. The Morgan fingerprint density at radius 2 is 1.84 bits per heavy atom. The van der Waals surface area contributed by atoms with Gasteiger partial charge in [0, 0.05) is 16.2 Å². The fraction of sp³-hybridized carbons (Fsp3) is 0.0588. The number of fused-ring (bicyclic) bond motifs is 1. The summed E-state index contributed by atoms with van der Waals surface area (Å²) in [5, 5.41) is 26.6. The molecule has 0 aliphatic rings. The van der Waals surface area contributed by atoms with Crippen molar-refractivity contribution in [1.29, 1.82) is 0 Å². The third kappa shape index (κ3) is 3.47. The molecule has 0 fully saturated rings. The number of benzene rings is 2. The molecule has 25 heavy (non-hydrogen) atoms. The van der Waals surface area contributed by atoms with Crippen molar-refractivity contribution >= 4 is 34.1 Å². The normalized spacial score (nSPS) is 11.0. The average molecular weight is 337 g/mol. The van der Waals surface area contributed by atoms with E-state index in [2.05, 4.69) is 15.5 Å². The Kier molecular flexibility index (Phi) is 4.42. The monoisotopic (exact) mass is 337 g/mol. The highest BCUT2D eigenvalue weighted by molar-refractivity contribution is 5.97. The minimum Gasteiger partial charge on any atom is -0.493 e. The molecule has 0 unspecified atom stereocenters. The molecule has 0 saturated carbocycles. The Morgan fingerprint density at radius 1 is 1.16 bits per heavy atom. The van der Waals surface area contributed by atoms with Crippen molar-refractivity contribution in [1.82, 2.24) is 4.57 Å². The number of hydrogen-bond acceptors (Lipinski definition) is 3. The summed E-state index contributed by atoms with van der Waals surface area (Å²) < 4.78 is 1.45. The van der Waals surface area contributed by atoms with E-state index in [0.717, 1.165) is 0 Å². The molecule has 0 saturated heterocycles. The highest BCUT2D eigenvalue weighted by Crippen LogP contribution is 2.38. The van der Waals surface area contributed by atoms with Crippen molar-refractivity contribution in [2.75, 3.05) is 5.32 Å². The van der Waals surface area contributed by atoms with Crippen molar-refractivity contribution in [3.8, 4) is 5.88 Å². The number of carbonyl (C=O) groups is 1. The maximum atomic E-state index is 12.3. The van der Waals surface area contributed by atoms with E-state index in [-0.39, 0.29) is 30.0 Å². The number of nitrogens with zero attached hydrogens (tertiary/aromatic N) is 3. The molecule has 6 N–H and O–H groups in total. The molecule has 3 rings (SSSR count). The van der Waals surface area contributed by atoms with Crippen molar-refractivity contribution < 1.29 is 15.3 Å². The number of nitrogens with two attached hydrogens (primary N) is 2. The van der Waals surface area contributed by atoms with Crippen molar-refractivity contribution in [3.63, 3.8) is 0 Å². The van der Waals surface area contributed by atoms with Gasteiger partial charge in [0.15, 0.2) is 5.69 Å². The van der Waals surface area contributed by atoms with Crippen LogP contribution in [0, 0.1) is 0 Å². The van der Waals surface area contributed by atoms with Crippen LogP contribution in [-0.4, -0.2) is 21.5 Å². The third-order valence-corrected chi connectivity index (χ3v) is 3.54. The fourth-order valence-corrected chi connectivity index (χ4v) is 2.50. The standard InChI is InChI=1S/C17H16N6O2/c18-17(19)22-21-15-12-8-4-5-9-13(12)23(16(15)25)10-14(24)20-11-6-2-1-3-7-11/h1-9,25H,10H2,(H3,18,19)(H,20,24)/p+1. The van der Waals surface area contributed by atoms with Gasteiger partial charge < -0.3 is 15.0 Å². The molecule has 0 radical (unpaired) electrons. The van der Waals surface area contributed by atoms with Gasteiger partial charge in [-0.3, -0.25) is 15.9 Å². The first-order valence-electron chi connectivity index (χ1n) is 7.51. The van der Waals surface area contributed by atoms with Crippen LogP contribution in [0.5, 0.6) is 5.88 Å². The Hall–Kier alpha value is -3.68. The van der Waals surface area contributed by atoms with Gasteiger partial charge in [-0.05, 0) is 18.2 Å². The van der Waals surface area contributed by atoms with Gasteiger partial charge in [-0.2, -0.15) is 0 Å². The van der Waals surface area contributed by atoms with E-state index in [1.54, 1.807) is 36.4 Å². The molecule has 1 amide bonds. The molecule has 126 valence electrons. The predicted octanol–water partition coefficient (Wildman–Crippen LogP) is 1.14. The maximum absolute atomic E-state index is 12.3. The minimum absolute atomic E-state index is 0.0847. The van der Waals surface area contributed by atoms with Gasteiger partial charge in [-0.1, -0.05) is 41.5 Å². The zero-order valence-electron chi connectivity index (χ0n) is 13.3. The molecule has 3 aromatic rings. The molecule has 0 atom stereocenters. The van der Waals surface area contributed by atoms with Gasteiger partial charge in [-0.15, -0.1) is 0 Å². The number of nitrogens with one attached hydrogen (secondary N) is 1. The molecule has 0 spiro atoms. The van der Waals surface area contributed by atoms with Gasteiger partial charge in [0.25, 0.3) is 0 Å². The van der Waals surface area contributed by atoms with Crippen molar-refractivity contribution in [2.24, 2.45) is 16.0 Å². The van der Waals surface area contributed by atoms with Crippen LogP contribution in [0.25, 0.3) is 10.9 Å². The molecule has 0 aliphatic heterocycles. The number of amides is 1. The summed E-state index contributed by atoms with van der Waals surface area (Å²) in [5.74, 6) is -0.692. The van der Waals surface area contributed by atoms with Crippen molar-refractivity contribution in [3.05, 3.63) is 54.6 Å². The van der Waals surface area contributed by atoms with Crippen LogP contribution in [0.2, 0.25) is 0 Å². The topological polar surface area (TPSA) is 131 Å². The van der Waals surface area contributed by atoms with E-state index in [1.165, 1.54) is 4.57 Å². The lowest BCUT2D eigenvalue weighted by Gasteiger charge is -2.08. The lowest BCUT2D eigenvalue weighted by molar-refractivity contribution is -0.117. The summed E-state index contributed by atoms with van der Waals surface area (Å²) in [7, 11) is 0. The van der Waals surface area contributed by atoms with Crippen molar-refractivity contribution in [2.45, 2.75) is 6.54 Å². The van der Waals surface area contributed by atoms with Crippen LogP contribution in [0.15, 0.2) is 64.8 Å². The predicted molar refractivity (Wildman–Crippen MR) is 94.3 cm³/mol. The van der Waals surface area contributed by atoms with E-state index >= 15 is 0 Å². The van der Waals surface area contributed by atoms with E-state index in [9.17, 15) is 9.90 Å². The van der Waals surface area contributed by atoms with E-state index < -0.39 is 0 Å². The van der Waals surface area contributed by atoms with Crippen LogP contribution < -0.4 is 16.5 Å². The van der Waals surface area contributed by atoms with Gasteiger partial charge in [0.1, 0.15) is 6.54 Å². The quantitative estimate of drug-likeness (QED) is 0.323. The Bertz CT molecular complexity index is 962. The lowest BCUT2D eigenvalue weighted by Crippen LogP contribution is -2.43. The SMILES string of the molecule is NC(=[NH2+])N=Nc1c(O)n(CC(=O)Nc2ccccc2)c2ccccc12. The van der Waals surface area contributed by atoms with Crippen LogP contribution in [0.1, 0.15) is 0 Å². The third-order valence-electron chi connectivity index (χ3n) is 3.54. The van der Waals surface area contributed by atoms with Gasteiger partial charge in [0.05, 0.1) is 5.52 Å². The number of azo groups is 1. The largest absolute Gasteiger partial charge is 0.493 e. The molecule has 8 heteroatoms. The molecule has 0 aliphatic carbocycles. The highest BCUT2D eigenvalue weighted by atomic mass is 16.3. The molecule has 2 aromatic carbocycles. The van der Waals surface area contributed by atoms with Crippen LogP contribution >= 0.6 is 0 Å². The molecule has 1 heterocycles. The van der Waals surface area contributed by atoms with Gasteiger partial charge in [0.2, 0.25) is 11.8 Å². The highest BCUT2D eigenvalue weighted by Gasteiger charge is 2.19. The average Bonchev–Trinajstić information content (AvgIpc) is 2.86. The van der Waals surface area contributed by atoms with Crippen LogP contribution in [-0.2, 0) is 11.3 Å². The first kappa shape index (κ1) is 16.2. The number of carbonyl (C=O) groups excluding carboxylic acids is 1. The zero-order valence-corrected chi connectivity index (χ0v) is 13.3. The summed E-state index contributed by atoms with van der Waals surface area (Å²) in [4.78, 5) is 12.3. The summed E-state index contributed by atoms with van der Waals surface area (Å²) in [6, 6.07) is 16.2. The van der Waals surface area contributed by atoms with E-state index in [1.807, 2.05) is 18.2 Å². The second-order valence-corrected chi connectivity index (χ2v) is 5.31. The summed E-state index contributed by atoms with van der Waals surface area (Å²) in [6.45, 7) is -0.0847. The van der Waals surface area contributed by atoms with Crippen LogP contribution in [0.3, 0.4) is 0 Å². The molecular formula is C17H17N6O2+. The molecular weight excluding hydrogens is 320 g/mol. The molecule has 0 bridgehead atoms. The first-order valence-corrected chi connectivity index (χ1v) is 7.51. The second kappa shape index (κ2) is 6.83. The minimum atomic E-state index is -0.282. The smallest absolute Gasteiger partial charge is 0.403 e. The maximum Gasteiger partial charge on any atom is 0.403 e. The summed E-state index contributed by atoms with van der Waals surface area (Å²) in [6.07, 6.45) is 0. The first-order chi connectivity index (χ1) is 12.1. The number of anilines is 1. The number of aromatic hydroxyl groups is 1. The molecule has 1 aromatic heterocycles. The summed E-state index contributed by atoms with van der Waals surface area (Å²) in [5.41, 5.74) is 6.82. The Balaban J connectivity index is 1.94. The summed E-state index contributed by atoms with van der Waals surface area (Å²) >= 11 is 0. The number of aromatic nitrogens is 1. The van der Waals surface area contributed by atoms with E-state index in [0.29, 0.717) is 16.6 Å². The number of rotatable bonds is 4. The Labute approximate surface area is 143 Å². The second-order valence-electron chi connectivity index (χ2n) is 5.31. The fourth-order valence-electron chi connectivity index (χ4n) is 2.50. The molecule has 8 nitrogen and oxygen atoms in total. The zero-order chi connectivity index (χ0) is 17.8. The number of para-hydroxylation sites is 2. The number of hydrogen-bond donors (Lipinski definition) is 4. The van der Waals surface area contributed by atoms with Crippen LogP contribution in [0.4, 0.5) is 11.4 Å². The Morgan fingerprint density at radius 3 is 2.56 bits per heavy atom.